The summed E-state index contributed by atoms with van der Waals surface area (Å²) in [5.41, 5.74) is 0.657. The van der Waals surface area contributed by atoms with E-state index in [2.05, 4.69) is 10.6 Å². The Balaban J connectivity index is 0.00000161. The van der Waals surface area contributed by atoms with Crippen LogP contribution in [-0.2, 0) is 4.79 Å². The summed E-state index contributed by atoms with van der Waals surface area (Å²) in [7, 11) is 0. The number of aliphatic hydroxyl groups is 1. The van der Waals surface area contributed by atoms with Gasteiger partial charge in [0.1, 0.15) is 0 Å². The number of hydrogen-bond acceptors (Lipinski definition) is 4. The maximum atomic E-state index is 12.6. The van der Waals surface area contributed by atoms with E-state index in [1.165, 1.54) is 6.42 Å². The van der Waals surface area contributed by atoms with Crippen molar-refractivity contribution in [1.29, 1.82) is 0 Å². The topological polar surface area (TPSA) is 61.4 Å². The van der Waals surface area contributed by atoms with Gasteiger partial charge in [-0.05, 0) is 47.7 Å². The molecule has 1 saturated carbocycles. The zero-order chi connectivity index (χ0) is 14.0. The second kappa shape index (κ2) is 7.09. The second-order valence-electron chi connectivity index (χ2n) is 6.01. The van der Waals surface area contributed by atoms with E-state index in [4.69, 9.17) is 0 Å². The van der Waals surface area contributed by atoms with E-state index in [0.717, 1.165) is 37.9 Å². The molecule has 2 heterocycles. The standard InChI is InChI=1S/C15H22N2O2S.ClH/c18-13(11-4-6-20-9-11)8-17-14(19)15-5-2-1-3-12(15)7-16-10-15;/h4,6,9,12-13,16,18H,1-3,5,7-8,10H2,(H,17,19);1H/t12-,13?,15+;/m0./s1. The Morgan fingerprint density at radius 3 is 3.19 bits per heavy atom. The fourth-order valence-electron chi connectivity index (χ4n) is 3.64. The molecule has 1 aromatic rings. The zero-order valence-electron chi connectivity index (χ0n) is 12.0. The average Bonchev–Trinajstić information content (AvgIpc) is 3.13. The van der Waals surface area contributed by atoms with Crippen LogP contribution in [0.15, 0.2) is 16.8 Å². The maximum absolute atomic E-state index is 12.6. The van der Waals surface area contributed by atoms with Gasteiger partial charge in [-0.1, -0.05) is 12.8 Å². The van der Waals surface area contributed by atoms with E-state index in [-0.39, 0.29) is 23.7 Å². The van der Waals surface area contributed by atoms with Gasteiger partial charge in [0, 0.05) is 13.1 Å². The fourth-order valence-corrected chi connectivity index (χ4v) is 4.35. The predicted octanol–water partition coefficient (Wildman–Crippen LogP) is 2.10. The van der Waals surface area contributed by atoms with Gasteiger partial charge in [-0.3, -0.25) is 4.79 Å². The van der Waals surface area contributed by atoms with Gasteiger partial charge >= 0.3 is 0 Å². The quantitative estimate of drug-likeness (QED) is 0.792. The predicted molar refractivity (Wildman–Crippen MR) is 86.8 cm³/mol. The van der Waals surface area contributed by atoms with Crippen LogP contribution in [0.1, 0.15) is 37.4 Å². The van der Waals surface area contributed by atoms with E-state index >= 15 is 0 Å². The Morgan fingerprint density at radius 2 is 2.43 bits per heavy atom. The lowest BCUT2D eigenvalue weighted by molar-refractivity contribution is -0.134. The van der Waals surface area contributed by atoms with Crippen molar-refractivity contribution in [2.45, 2.75) is 31.8 Å². The summed E-state index contributed by atoms with van der Waals surface area (Å²) < 4.78 is 0. The largest absolute Gasteiger partial charge is 0.387 e. The summed E-state index contributed by atoms with van der Waals surface area (Å²) >= 11 is 1.56. The average molecular weight is 331 g/mol. The zero-order valence-corrected chi connectivity index (χ0v) is 13.6. The van der Waals surface area contributed by atoms with Crippen LogP contribution in [0.5, 0.6) is 0 Å². The van der Waals surface area contributed by atoms with Crippen LogP contribution in [0.25, 0.3) is 0 Å². The molecule has 6 heteroatoms. The number of nitrogens with one attached hydrogen (secondary N) is 2. The number of hydrogen-bond donors (Lipinski definition) is 3. The van der Waals surface area contributed by atoms with Crippen LogP contribution in [0.3, 0.4) is 0 Å². The minimum Gasteiger partial charge on any atom is -0.387 e. The van der Waals surface area contributed by atoms with Gasteiger partial charge in [0.2, 0.25) is 5.91 Å². The van der Waals surface area contributed by atoms with Crippen LogP contribution >= 0.6 is 23.7 Å². The summed E-state index contributed by atoms with van der Waals surface area (Å²) in [6, 6.07) is 1.90. The molecule has 1 amide bonds. The van der Waals surface area contributed by atoms with E-state index in [9.17, 15) is 9.90 Å². The first-order valence-electron chi connectivity index (χ1n) is 7.41. The van der Waals surface area contributed by atoms with Gasteiger partial charge in [-0.25, -0.2) is 0 Å². The first-order chi connectivity index (χ1) is 9.72. The van der Waals surface area contributed by atoms with Crippen molar-refractivity contribution in [2.24, 2.45) is 11.3 Å². The lowest BCUT2D eigenvalue weighted by Crippen LogP contribution is -2.48. The third-order valence-electron chi connectivity index (χ3n) is 4.87. The monoisotopic (exact) mass is 330 g/mol. The molecule has 1 aromatic heterocycles. The second-order valence-corrected chi connectivity index (χ2v) is 6.79. The van der Waals surface area contributed by atoms with Crippen molar-refractivity contribution in [2.75, 3.05) is 19.6 Å². The molecule has 2 fully saturated rings. The Bertz CT molecular complexity index is 468. The van der Waals surface area contributed by atoms with Crippen LogP contribution in [-0.4, -0.2) is 30.6 Å². The SMILES string of the molecule is Cl.O=C(NCC(O)c1ccsc1)[C@@]12CCCC[C@H]1CNC2. The molecule has 2 aliphatic rings. The molecule has 1 aliphatic heterocycles. The summed E-state index contributed by atoms with van der Waals surface area (Å²) in [6.07, 6.45) is 3.90. The number of rotatable bonds is 4. The number of thiophene rings is 1. The van der Waals surface area contributed by atoms with Crippen molar-refractivity contribution in [3.63, 3.8) is 0 Å². The molecule has 21 heavy (non-hydrogen) atoms. The highest BCUT2D eigenvalue weighted by atomic mass is 35.5. The van der Waals surface area contributed by atoms with Crippen molar-refractivity contribution in [1.82, 2.24) is 10.6 Å². The first-order valence-corrected chi connectivity index (χ1v) is 8.36. The van der Waals surface area contributed by atoms with Crippen molar-refractivity contribution >= 4 is 29.7 Å². The van der Waals surface area contributed by atoms with Crippen LogP contribution in [0.4, 0.5) is 0 Å². The summed E-state index contributed by atoms with van der Waals surface area (Å²) in [5, 5.41) is 20.3. The molecule has 1 unspecified atom stereocenters. The Morgan fingerprint density at radius 1 is 1.57 bits per heavy atom. The third-order valence-corrected chi connectivity index (χ3v) is 5.58. The van der Waals surface area contributed by atoms with Crippen molar-refractivity contribution in [3.05, 3.63) is 22.4 Å². The summed E-state index contributed by atoms with van der Waals surface area (Å²) in [6.45, 7) is 2.06. The van der Waals surface area contributed by atoms with Crippen molar-refractivity contribution in [3.8, 4) is 0 Å². The highest BCUT2D eigenvalue weighted by Crippen LogP contribution is 2.43. The normalized spacial score (nSPS) is 29.3. The highest BCUT2D eigenvalue weighted by molar-refractivity contribution is 7.07. The van der Waals surface area contributed by atoms with Crippen molar-refractivity contribution < 1.29 is 9.90 Å². The number of amides is 1. The Kier molecular flexibility index (Phi) is 5.66. The first kappa shape index (κ1) is 16.7. The molecule has 0 radical (unpaired) electrons. The van der Waals surface area contributed by atoms with E-state index < -0.39 is 6.10 Å². The molecule has 3 N–H and O–H groups in total. The van der Waals surface area contributed by atoms with Crippen LogP contribution < -0.4 is 10.6 Å². The van der Waals surface area contributed by atoms with Crippen LogP contribution in [0, 0.1) is 11.3 Å². The van der Waals surface area contributed by atoms with Gasteiger partial charge in [0.05, 0.1) is 11.5 Å². The van der Waals surface area contributed by atoms with Gasteiger partial charge in [0.25, 0.3) is 0 Å². The van der Waals surface area contributed by atoms with Crippen LogP contribution in [0.2, 0.25) is 0 Å². The number of carbonyl (C=O) groups excluding carboxylic acids is 1. The maximum Gasteiger partial charge on any atom is 0.227 e. The molecular formula is C15H23ClN2O2S. The summed E-state index contributed by atoms with van der Waals surface area (Å²) in [5.74, 6) is 0.594. The van der Waals surface area contributed by atoms with Gasteiger partial charge in [0.15, 0.2) is 0 Å². The molecule has 118 valence electrons. The molecule has 0 aromatic carbocycles. The number of carbonyl (C=O) groups is 1. The van der Waals surface area contributed by atoms with E-state index in [0.29, 0.717) is 12.5 Å². The molecular weight excluding hydrogens is 308 g/mol. The third kappa shape index (κ3) is 3.26. The molecule has 1 aliphatic carbocycles. The van der Waals surface area contributed by atoms with Gasteiger partial charge < -0.3 is 15.7 Å². The van der Waals surface area contributed by atoms with Gasteiger partial charge in [-0.15, -0.1) is 12.4 Å². The number of aliphatic hydroxyl groups excluding tert-OH is 1. The minimum absolute atomic E-state index is 0. The molecule has 1 saturated heterocycles. The minimum atomic E-state index is -0.599. The number of fused-ring (bicyclic) bond motifs is 1. The Labute approximate surface area is 135 Å². The molecule has 0 spiro atoms. The fraction of sp³-hybridized carbons (Fsp3) is 0.667. The smallest absolute Gasteiger partial charge is 0.227 e. The molecule has 3 atom stereocenters. The summed E-state index contributed by atoms with van der Waals surface area (Å²) in [4.78, 5) is 12.6. The lowest BCUT2D eigenvalue weighted by Gasteiger charge is -2.37. The lowest BCUT2D eigenvalue weighted by atomic mass is 9.67. The Hall–Kier alpha value is -0.620. The van der Waals surface area contributed by atoms with Gasteiger partial charge in [-0.2, -0.15) is 11.3 Å². The highest BCUT2D eigenvalue weighted by Gasteiger charge is 2.49. The molecule has 4 nitrogen and oxygen atoms in total. The molecule has 3 rings (SSSR count). The van der Waals surface area contributed by atoms with E-state index in [1.807, 2.05) is 16.8 Å². The number of halogens is 1. The molecule has 0 bridgehead atoms. The van der Waals surface area contributed by atoms with E-state index in [1.54, 1.807) is 11.3 Å².